The number of aromatic nitrogens is 2. The normalized spacial score (nSPS) is 14.7. The van der Waals surface area contributed by atoms with E-state index in [2.05, 4.69) is 4.98 Å². The van der Waals surface area contributed by atoms with E-state index in [0.717, 1.165) is 29.8 Å². The summed E-state index contributed by atoms with van der Waals surface area (Å²) in [7, 11) is 0. The Balaban J connectivity index is 2.25. The van der Waals surface area contributed by atoms with Gasteiger partial charge in [-0.2, -0.15) is 0 Å². The number of carbonyl (C=O) groups is 1. The zero-order valence-corrected chi connectivity index (χ0v) is 10.1. The second kappa shape index (κ2) is 4.05. The first-order valence-corrected chi connectivity index (χ1v) is 6.03. The van der Waals surface area contributed by atoms with E-state index in [1.807, 2.05) is 17.6 Å². The first-order chi connectivity index (χ1) is 8.68. The Morgan fingerprint density at radius 3 is 3.00 bits per heavy atom. The first-order valence-electron chi connectivity index (χ1n) is 6.03. The number of hydrogen-bond acceptors (Lipinski definition) is 2. The van der Waals surface area contributed by atoms with Crippen LogP contribution in [0.3, 0.4) is 0 Å². The van der Waals surface area contributed by atoms with E-state index in [1.165, 1.54) is 6.20 Å². The maximum atomic E-state index is 13.8. The number of rotatable bonds is 1. The quantitative estimate of drug-likeness (QED) is 0.773. The summed E-state index contributed by atoms with van der Waals surface area (Å²) in [6.07, 6.45) is 5.01. The smallest absolute Gasteiger partial charge is 0.165 e. The van der Waals surface area contributed by atoms with Gasteiger partial charge in [0.2, 0.25) is 0 Å². The average molecular weight is 244 g/mol. The van der Waals surface area contributed by atoms with E-state index in [1.54, 1.807) is 12.3 Å². The topological polar surface area (TPSA) is 34.9 Å². The summed E-state index contributed by atoms with van der Waals surface area (Å²) in [5.41, 5.74) is 3.03. The lowest BCUT2D eigenvalue weighted by atomic mass is 9.96. The summed E-state index contributed by atoms with van der Waals surface area (Å²) in [4.78, 5) is 15.6. The Labute approximate surface area is 104 Å². The molecule has 4 heteroatoms. The van der Waals surface area contributed by atoms with Crippen LogP contribution < -0.4 is 0 Å². The molecule has 3 nitrogen and oxygen atoms in total. The van der Waals surface area contributed by atoms with Gasteiger partial charge in [-0.1, -0.05) is 0 Å². The van der Waals surface area contributed by atoms with Gasteiger partial charge in [-0.05, 0) is 31.9 Å². The van der Waals surface area contributed by atoms with Gasteiger partial charge in [0.1, 0.15) is 0 Å². The lowest BCUT2D eigenvalue weighted by Crippen LogP contribution is -2.13. The number of carbonyl (C=O) groups excluding carboxylic acids is 1. The highest BCUT2D eigenvalue weighted by Gasteiger charge is 2.24. The van der Waals surface area contributed by atoms with Crippen molar-refractivity contribution >= 4 is 5.78 Å². The Kier molecular flexibility index (Phi) is 2.51. The second-order valence-electron chi connectivity index (χ2n) is 4.59. The molecule has 18 heavy (non-hydrogen) atoms. The van der Waals surface area contributed by atoms with Crippen LogP contribution in [0.25, 0.3) is 5.69 Å². The molecule has 3 rings (SSSR count). The lowest BCUT2D eigenvalue weighted by molar-refractivity contribution is 0.0972. The van der Waals surface area contributed by atoms with Crippen molar-refractivity contribution in [2.75, 3.05) is 0 Å². The molecule has 0 unspecified atom stereocenters. The van der Waals surface area contributed by atoms with Gasteiger partial charge in [-0.3, -0.25) is 9.78 Å². The maximum absolute atomic E-state index is 13.8. The molecule has 1 aliphatic carbocycles. The van der Waals surface area contributed by atoms with Gasteiger partial charge in [0.05, 0.1) is 11.9 Å². The Bertz CT molecular complexity index is 631. The highest BCUT2D eigenvalue weighted by Crippen LogP contribution is 2.28. The molecule has 0 spiro atoms. The van der Waals surface area contributed by atoms with Crippen molar-refractivity contribution < 1.29 is 9.18 Å². The minimum absolute atomic E-state index is 0.160. The third-order valence-electron chi connectivity index (χ3n) is 3.40. The fourth-order valence-electron chi connectivity index (χ4n) is 2.61. The molecule has 0 fully saturated rings. The van der Waals surface area contributed by atoms with E-state index < -0.39 is 0 Å². The third kappa shape index (κ3) is 1.56. The van der Waals surface area contributed by atoms with Crippen LogP contribution in [0.5, 0.6) is 0 Å². The summed E-state index contributed by atoms with van der Waals surface area (Å²) in [5.74, 6) is -0.204. The molecule has 0 amide bonds. The molecule has 0 aromatic carbocycles. The van der Waals surface area contributed by atoms with Gasteiger partial charge in [-0.25, -0.2) is 4.39 Å². The number of pyridine rings is 1. The molecule has 0 saturated carbocycles. The largest absolute Gasteiger partial charge is 0.315 e. The molecule has 2 aromatic heterocycles. The van der Waals surface area contributed by atoms with Crippen molar-refractivity contribution in [3.05, 3.63) is 47.3 Å². The Morgan fingerprint density at radius 2 is 2.22 bits per heavy atom. The maximum Gasteiger partial charge on any atom is 0.165 e. The number of hydrogen-bond donors (Lipinski definition) is 0. The van der Waals surface area contributed by atoms with Crippen LogP contribution in [0.15, 0.2) is 24.5 Å². The van der Waals surface area contributed by atoms with Crippen molar-refractivity contribution in [3.63, 3.8) is 0 Å². The number of halogens is 1. The van der Waals surface area contributed by atoms with Crippen LogP contribution in [-0.2, 0) is 6.42 Å². The van der Waals surface area contributed by atoms with E-state index in [0.29, 0.717) is 12.1 Å². The van der Waals surface area contributed by atoms with Crippen LogP contribution >= 0.6 is 0 Å². The highest BCUT2D eigenvalue weighted by molar-refractivity contribution is 5.98. The number of aryl methyl sites for hydroxylation is 1. The fraction of sp³-hybridized carbons (Fsp3) is 0.286. The van der Waals surface area contributed by atoms with Gasteiger partial charge < -0.3 is 4.57 Å². The highest BCUT2D eigenvalue weighted by atomic mass is 19.1. The minimum atomic E-state index is -0.364. The molecule has 1 aliphatic rings. The monoisotopic (exact) mass is 244 g/mol. The first kappa shape index (κ1) is 11.1. The number of nitrogens with zero attached hydrogens (tertiary/aromatic N) is 2. The van der Waals surface area contributed by atoms with Crippen molar-refractivity contribution in [1.82, 2.24) is 9.55 Å². The van der Waals surface area contributed by atoms with Gasteiger partial charge >= 0.3 is 0 Å². The Hall–Kier alpha value is -1.97. The van der Waals surface area contributed by atoms with Crippen molar-refractivity contribution in [3.8, 4) is 5.69 Å². The molecule has 2 aromatic rings. The zero-order chi connectivity index (χ0) is 12.7. The van der Waals surface area contributed by atoms with E-state index in [-0.39, 0.29) is 11.6 Å². The molecule has 0 bridgehead atoms. The summed E-state index contributed by atoms with van der Waals surface area (Å²) >= 11 is 0. The molecule has 0 N–H and O–H groups in total. The summed E-state index contributed by atoms with van der Waals surface area (Å²) in [5, 5.41) is 0. The van der Waals surface area contributed by atoms with Crippen molar-refractivity contribution in [1.29, 1.82) is 0 Å². The van der Waals surface area contributed by atoms with Gasteiger partial charge in [0, 0.05) is 29.6 Å². The van der Waals surface area contributed by atoms with Crippen LogP contribution in [0.2, 0.25) is 0 Å². The summed E-state index contributed by atoms with van der Waals surface area (Å²) in [6, 6.07) is 3.50. The van der Waals surface area contributed by atoms with Crippen LogP contribution in [-0.4, -0.2) is 15.3 Å². The van der Waals surface area contributed by atoms with E-state index in [9.17, 15) is 9.18 Å². The molecule has 2 heterocycles. The predicted octanol–water partition coefficient (Wildman–Crippen LogP) is 2.84. The zero-order valence-electron chi connectivity index (χ0n) is 10.1. The molecular weight excluding hydrogens is 231 g/mol. The van der Waals surface area contributed by atoms with Crippen LogP contribution in [0, 0.1) is 12.7 Å². The van der Waals surface area contributed by atoms with Gasteiger partial charge in [0.25, 0.3) is 0 Å². The lowest BCUT2D eigenvalue weighted by Gasteiger charge is -2.16. The molecule has 0 aliphatic heterocycles. The second-order valence-corrected chi connectivity index (χ2v) is 4.59. The molecular formula is C14H13FN2O. The van der Waals surface area contributed by atoms with Crippen molar-refractivity contribution in [2.24, 2.45) is 0 Å². The number of ketones is 1. The predicted molar refractivity (Wildman–Crippen MR) is 65.5 cm³/mol. The van der Waals surface area contributed by atoms with E-state index >= 15 is 0 Å². The van der Waals surface area contributed by atoms with Crippen LogP contribution in [0.4, 0.5) is 4.39 Å². The fourth-order valence-corrected chi connectivity index (χ4v) is 2.61. The Morgan fingerprint density at radius 1 is 1.39 bits per heavy atom. The number of Topliss-reactive ketones (excluding diaryl/α,β-unsaturated/α-hetero) is 1. The minimum Gasteiger partial charge on any atom is -0.315 e. The summed E-state index contributed by atoms with van der Waals surface area (Å²) < 4.78 is 15.7. The van der Waals surface area contributed by atoms with E-state index in [4.69, 9.17) is 0 Å². The molecule has 92 valence electrons. The SMILES string of the molecule is Cc1cc2c(n1-c1ccncc1F)CCCC2=O. The van der Waals surface area contributed by atoms with Gasteiger partial charge in [-0.15, -0.1) is 0 Å². The van der Waals surface area contributed by atoms with Crippen molar-refractivity contribution in [2.45, 2.75) is 26.2 Å². The average Bonchev–Trinajstić information content (AvgIpc) is 2.68. The number of fused-ring (bicyclic) bond motifs is 1. The molecule has 0 saturated heterocycles. The molecule has 0 atom stereocenters. The third-order valence-corrected chi connectivity index (χ3v) is 3.40. The molecule has 0 radical (unpaired) electrons. The standard InChI is InChI=1S/C14H13FN2O/c1-9-7-10-12(3-2-4-14(10)18)17(9)13-5-6-16-8-11(13)15/h5-8H,2-4H2,1H3. The van der Waals surface area contributed by atoms with Crippen LogP contribution in [0.1, 0.15) is 34.6 Å². The van der Waals surface area contributed by atoms with Gasteiger partial charge in [0.15, 0.2) is 11.6 Å². The summed E-state index contributed by atoms with van der Waals surface area (Å²) in [6.45, 7) is 1.89.